The van der Waals surface area contributed by atoms with Crippen LogP contribution in [-0.4, -0.2) is 25.7 Å². The zero-order chi connectivity index (χ0) is 9.23. The number of rotatable bonds is 6. The Labute approximate surface area is 71.8 Å². The Morgan fingerprint density at radius 1 is 1.75 bits per heavy atom. The number of carbonyl (C=O) groups is 1. The topological polar surface area (TPSA) is 64.3 Å². The lowest BCUT2D eigenvalue weighted by Crippen LogP contribution is -2.15. The Kier molecular flexibility index (Phi) is 6.70. The third-order valence-electron chi connectivity index (χ3n) is 0.942. The van der Waals surface area contributed by atoms with E-state index in [1.807, 2.05) is 0 Å². The summed E-state index contributed by atoms with van der Waals surface area (Å²) in [5, 5.41) is 2.80. The fraction of sp³-hybridized carbons (Fsp3) is 0.375. The molecule has 0 aromatic rings. The van der Waals surface area contributed by atoms with Crippen LogP contribution in [-0.2, 0) is 9.53 Å². The van der Waals surface area contributed by atoms with Gasteiger partial charge in [-0.2, -0.15) is 0 Å². The summed E-state index contributed by atoms with van der Waals surface area (Å²) in [6.07, 6.45) is 7.65. The number of hydrogen-bond donors (Lipinski definition) is 2. The molecule has 0 saturated carbocycles. The van der Waals surface area contributed by atoms with Crippen molar-refractivity contribution in [1.29, 1.82) is 0 Å². The molecule has 0 aliphatic heterocycles. The average Bonchev–Trinajstić information content (AvgIpc) is 2.02. The Hall–Kier alpha value is -1.47. The number of hydrogen-bond acceptors (Lipinski definition) is 3. The first-order chi connectivity index (χ1) is 5.77. The highest BCUT2D eigenvalue weighted by Gasteiger charge is 1.83. The van der Waals surface area contributed by atoms with E-state index in [1.54, 1.807) is 0 Å². The van der Waals surface area contributed by atoms with Gasteiger partial charge in [-0.25, -0.2) is 0 Å². The van der Waals surface area contributed by atoms with Gasteiger partial charge < -0.3 is 15.8 Å². The molecule has 0 saturated heterocycles. The van der Waals surface area contributed by atoms with E-state index in [4.69, 9.17) is 16.9 Å². The Balaban J connectivity index is 3.11. The molecule has 0 aliphatic rings. The molecule has 0 aromatic heterocycles. The molecule has 0 rings (SSSR count). The quantitative estimate of drug-likeness (QED) is 0.311. The van der Waals surface area contributed by atoms with E-state index in [0.717, 1.165) is 0 Å². The van der Waals surface area contributed by atoms with Crippen molar-refractivity contribution in [2.24, 2.45) is 5.73 Å². The second-order valence-corrected chi connectivity index (χ2v) is 1.95. The molecule has 3 N–H and O–H groups in total. The summed E-state index contributed by atoms with van der Waals surface area (Å²) < 4.78 is 4.94. The zero-order valence-corrected chi connectivity index (χ0v) is 6.75. The van der Waals surface area contributed by atoms with Crippen LogP contribution in [0.1, 0.15) is 0 Å². The second-order valence-electron chi connectivity index (χ2n) is 1.95. The number of ether oxygens (including phenoxy) is 1. The van der Waals surface area contributed by atoms with Gasteiger partial charge >= 0.3 is 0 Å². The van der Waals surface area contributed by atoms with Crippen LogP contribution in [0.2, 0.25) is 0 Å². The standard InChI is InChI=1S/C8H12N2O2/c1-2-6-12-7-5-10-4-3-8(9)11/h1,3-4,10H,5-7H2,(H2,9,11)/b4-3-. The summed E-state index contributed by atoms with van der Waals surface area (Å²) in [5.74, 6) is 1.86. The first kappa shape index (κ1) is 10.5. The smallest absolute Gasteiger partial charge is 0.242 e. The molecule has 0 atom stereocenters. The lowest BCUT2D eigenvalue weighted by molar-refractivity contribution is -0.113. The van der Waals surface area contributed by atoms with Gasteiger partial charge in [-0.1, -0.05) is 5.92 Å². The van der Waals surface area contributed by atoms with Crippen molar-refractivity contribution < 1.29 is 9.53 Å². The van der Waals surface area contributed by atoms with Crippen LogP contribution in [0.15, 0.2) is 12.3 Å². The summed E-state index contributed by atoms with van der Waals surface area (Å²) in [6, 6.07) is 0. The van der Waals surface area contributed by atoms with Crippen LogP contribution < -0.4 is 11.1 Å². The van der Waals surface area contributed by atoms with Gasteiger partial charge in [0, 0.05) is 18.8 Å². The molecular formula is C8H12N2O2. The minimum absolute atomic E-state index is 0.307. The maximum absolute atomic E-state index is 10.2. The monoisotopic (exact) mass is 168 g/mol. The molecule has 0 heterocycles. The van der Waals surface area contributed by atoms with E-state index < -0.39 is 5.91 Å². The third-order valence-corrected chi connectivity index (χ3v) is 0.942. The minimum atomic E-state index is -0.480. The van der Waals surface area contributed by atoms with Gasteiger partial charge in [0.15, 0.2) is 0 Å². The van der Waals surface area contributed by atoms with Gasteiger partial charge in [0.1, 0.15) is 6.61 Å². The molecule has 4 heteroatoms. The van der Waals surface area contributed by atoms with Gasteiger partial charge in [-0.3, -0.25) is 4.79 Å². The average molecular weight is 168 g/mol. The summed E-state index contributed by atoms with van der Waals surface area (Å²) in [5.41, 5.74) is 4.83. The number of amides is 1. The van der Waals surface area contributed by atoms with Crippen LogP contribution in [0.5, 0.6) is 0 Å². The van der Waals surface area contributed by atoms with Gasteiger partial charge in [-0.15, -0.1) is 6.42 Å². The number of carbonyl (C=O) groups excluding carboxylic acids is 1. The Morgan fingerprint density at radius 3 is 3.08 bits per heavy atom. The highest BCUT2D eigenvalue weighted by molar-refractivity contribution is 5.85. The van der Waals surface area contributed by atoms with Gasteiger partial charge in [0.25, 0.3) is 0 Å². The van der Waals surface area contributed by atoms with Gasteiger partial charge in [0.2, 0.25) is 5.91 Å². The Morgan fingerprint density at radius 2 is 2.50 bits per heavy atom. The van der Waals surface area contributed by atoms with E-state index in [1.165, 1.54) is 12.3 Å². The molecule has 0 unspecified atom stereocenters. The predicted molar refractivity (Wildman–Crippen MR) is 46.0 cm³/mol. The van der Waals surface area contributed by atoms with Crippen LogP contribution >= 0.6 is 0 Å². The molecule has 0 spiro atoms. The minimum Gasteiger partial charge on any atom is -0.388 e. The molecule has 0 bridgehead atoms. The van der Waals surface area contributed by atoms with Crippen molar-refractivity contribution in [1.82, 2.24) is 5.32 Å². The molecule has 0 fully saturated rings. The van der Waals surface area contributed by atoms with Gasteiger partial charge in [-0.05, 0) is 0 Å². The lowest BCUT2D eigenvalue weighted by atomic mass is 10.5. The van der Waals surface area contributed by atoms with E-state index >= 15 is 0 Å². The van der Waals surface area contributed by atoms with Crippen LogP contribution in [0.3, 0.4) is 0 Å². The van der Waals surface area contributed by atoms with E-state index in [-0.39, 0.29) is 0 Å². The molecule has 1 amide bonds. The zero-order valence-electron chi connectivity index (χ0n) is 6.75. The summed E-state index contributed by atoms with van der Waals surface area (Å²) in [7, 11) is 0. The lowest BCUT2D eigenvalue weighted by Gasteiger charge is -1.99. The second kappa shape index (κ2) is 7.63. The number of primary amides is 1. The SMILES string of the molecule is C#CCOCCN/C=C\C(N)=O. The normalized spacial score (nSPS) is 9.58. The van der Waals surface area contributed by atoms with Crippen LogP contribution in [0.25, 0.3) is 0 Å². The van der Waals surface area contributed by atoms with Crippen molar-refractivity contribution in [2.75, 3.05) is 19.8 Å². The molecule has 12 heavy (non-hydrogen) atoms. The molecular weight excluding hydrogens is 156 g/mol. The Bertz CT molecular complexity index is 194. The van der Waals surface area contributed by atoms with Crippen molar-refractivity contribution in [3.8, 4) is 12.3 Å². The summed E-state index contributed by atoms with van der Waals surface area (Å²) >= 11 is 0. The molecule has 0 aromatic carbocycles. The van der Waals surface area contributed by atoms with Crippen molar-refractivity contribution in [3.05, 3.63) is 12.3 Å². The molecule has 0 radical (unpaired) electrons. The molecule has 66 valence electrons. The van der Waals surface area contributed by atoms with E-state index in [9.17, 15) is 4.79 Å². The maximum Gasteiger partial charge on any atom is 0.242 e. The third kappa shape index (κ3) is 8.53. The summed E-state index contributed by atoms with van der Waals surface area (Å²) in [4.78, 5) is 10.2. The van der Waals surface area contributed by atoms with Crippen LogP contribution in [0.4, 0.5) is 0 Å². The fourth-order valence-corrected chi connectivity index (χ4v) is 0.487. The molecule has 4 nitrogen and oxygen atoms in total. The highest BCUT2D eigenvalue weighted by Crippen LogP contribution is 1.71. The first-order valence-corrected chi connectivity index (χ1v) is 3.48. The number of nitrogens with two attached hydrogens (primary N) is 1. The number of nitrogens with one attached hydrogen (secondary N) is 1. The van der Waals surface area contributed by atoms with Gasteiger partial charge in [0.05, 0.1) is 6.61 Å². The first-order valence-electron chi connectivity index (χ1n) is 3.48. The highest BCUT2D eigenvalue weighted by atomic mass is 16.5. The van der Waals surface area contributed by atoms with Crippen molar-refractivity contribution in [2.45, 2.75) is 0 Å². The fourth-order valence-electron chi connectivity index (χ4n) is 0.487. The molecule has 0 aliphatic carbocycles. The van der Waals surface area contributed by atoms with Crippen LogP contribution in [0, 0.1) is 12.3 Å². The predicted octanol–water partition coefficient (Wildman–Crippen LogP) is -0.775. The van der Waals surface area contributed by atoms with Crippen molar-refractivity contribution >= 4 is 5.91 Å². The van der Waals surface area contributed by atoms with E-state index in [2.05, 4.69) is 11.2 Å². The maximum atomic E-state index is 10.2. The number of terminal acetylenes is 1. The largest absolute Gasteiger partial charge is 0.388 e. The van der Waals surface area contributed by atoms with E-state index in [0.29, 0.717) is 19.8 Å². The summed E-state index contributed by atoms with van der Waals surface area (Å²) in [6.45, 7) is 1.42. The van der Waals surface area contributed by atoms with Crippen molar-refractivity contribution in [3.63, 3.8) is 0 Å².